The zero-order valence-electron chi connectivity index (χ0n) is 42.6. The van der Waals surface area contributed by atoms with Crippen molar-refractivity contribution in [3.63, 3.8) is 0 Å². The molecule has 78 heavy (non-hydrogen) atoms. The van der Waals surface area contributed by atoms with E-state index in [1.807, 2.05) is 65.6 Å². The maximum absolute atomic E-state index is 13.2. The molecule has 4 aromatic rings. The monoisotopic (exact) mass is 1190 g/mol. The van der Waals surface area contributed by atoms with Crippen molar-refractivity contribution < 1.29 is 43.5 Å². The van der Waals surface area contributed by atoms with E-state index in [-0.39, 0.29) is 128 Å². The first-order valence-corrected chi connectivity index (χ1v) is 26.3. The molecular formula is C57H72Cl4N6O9S2. The standard InChI is InChI=1S/C28H31Cl2N3O4.C27H29Cl2N3O5.2CH4.2H2S/c1-17(34)23(10-11-24(35)32(2)15-18-6-4-3-5-7-18)31-27(36)25-22(29)14-21-20(26(25)30)12-13-33(28(21)37)16-19-8-9-19;1-31(14-16-5-3-2-4-6-16)22(33)10-9-21(27(36)37)30-25(34)23-20(28)13-19-18(24(23)29)11-12-32(26(19)35)15-17-7-8-17;;;;/h3-7,14,19,23H,8-13,15-16H2,1-2H3,(H,31,36);2-6,13,17,21H,7-12,14-15H2,1H3,(H,30,34)(H,36,37);2*1H4;2*1H2/t23-;21-;;;;/m00..../s1. The molecule has 8 rings (SSSR count). The average molecular weight is 1190 g/mol. The van der Waals surface area contributed by atoms with Crippen LogP contribution in [0.3, 0.4) is 0 Å². The van der Waals surface area contributed by atoms with E-state index in [0.717, 1.165) is 43.4 Å². The number of nitrogens with one attached hydrogen (secondary N) is 2. The molecule has 4 aliphatic rings. The Hall–Kier alpha value is -5.30. The maximum Gasteiger partial charge on any atom is 0.326 e. The third kappa shape index (κ3) is 17.3. The Morgan fingerprint density at radius 1 is 0.615 bits per heavy atom. The summed E-state index contributed by atoms with van der Waals surface area (Å²) in [6.45, 7) is 4.69. The molecule has 21 heteroatoms. The molecule has 15 nitrogen and oxygen atoms in total. The van der Waals surface area contributed by atoms with E-state index in [0.29, 0.717) is 79.7 Å². The highest BCUT2D eigenvalue weighted by Crippen LogP contribution is 2.38. The van der Waals surface area contributed by atoms with Crippen molar-refractivity contribution in [1.82, 2.24) is 30.2 Å². The summed E-state index contributed by atoms with van der Waals surface area (Å²) < 4.78 is 0. The predicted molar refractivity (Wildman–Crippen MR) is 317 cm³/mol. The van der Waals surface area contributed by atoms with Crippen molar-refractivity contribution >= 4 is 121 Å². The largest absolute Gasteiger partial charge is 0.480 e. The maximum atomic E-state index is 13.2. The van der Waals surface area contributed by atoms with Crippen LogP contribution < -0.4 is 10.6 Å². The van der Waals surface area contributed by atoms with Crippen LogP contribution in [-0.2, 0) is 45.1 Å². The van der Waals surface area contributed by atoms with E-state index >= 15 is 0 Å². The van der Waals surface area contributed by atoms with E-state index in [9.17, 15) is 43.5 Å². The number of Topliss-reactive ketones (excluding diaryl/α,β-unsaturated/α-hetero) is 1. The first-order chi connectivity index (χ1) is 35.3. The Labute approximate surface area is 491 Å². The van der Waals surface area contributed by atoms with Crippen molar-refractivity contribution in [1.29, 1.82) is 0 Å². The number of carboxylic acid groups (broad SMARTS) is 1. The minimum Gasteiger partial charge on any atom is -0.480 e. The Morgan fingerprint density at radius 3 is 1.32 bits per heavy atom. The fraction of sp³-hybridized carbons (Fsp3) is 0.439. The SMILES string of the molecule is C.C.CC(=O)[C@H](CCC(=O)N(C)Cc1ccccc1)NC(=O)c1c(Cl)cc2c(c1Cl)CCN(CC1CC1)C2=O.CN(Cc1ccccc1)C(=O)CC[C@H](NC(=O)c1c(Cl)cc2c(c1Cl)CCN(CC1CC1)C2=O)C(=O)O.S.S. The van der Waals surface area contributed by atoms with Gasteiger partial charge in [0.25, 0.3) is 23.6 Å². The second kappa shape index (κ2) is 30.3. The lowest BCUT2D eigenvalue weighted by Crippen LogP contribution is -2.42. The molecule has 0 radical (unpaired) electrons. The average Bonchev–Trinajstić information content (AvgIpc) is 4.32. The number of carbonyl (C=O) groups excluding carboxylic acids is 7. The second-order valence-corrected chi connectivity index (χ2v) is 21.2. The van der Waals surface area contributed by atoms with Gasteiger partial charge in [-0.25, -0.2) is 4.79 Å². The molecule has 3 N–H and O–H groups in total. The van der Waals surface area contributed by atoms with Gasteiger partial charge in [0, 0.05) is 77.3 Å². The number of ketones is 1. The lowest BCUT2D eigenvalue weighted by molar-refractivity contribution is -0.140. The van der Waals surface area contributed by atoms with Gasteiger partial charge in [0.1, 0.15) is 6.04 Å². The number of rotatable bonds is 20. The molecule has 2 atom stereocenters. The number of carbonyl (C=O) groups is 8. The molecule has 2 fully saturated rings. The van der Waals surface area contributed by atoms with Crippen LogP contribution in [0.1, 0.15) is 137 Å². The summed E-state index contributed by atoms with van der Waals surface area (Å²) in [7, 11) is 3.35. The Bertz CT molecular complexity index is 2630. The molecule has 2 heterocycles. The van der Waals surface area contributed by atoms with Gasteiger partial charge in [-0.1, -0.05) is 122 Å². The van der Waals surface area contributed by atoms with Crippen molar-refractivity contribution in [2.75, 3.05) is 40.3 Å². The number of aliphatic carboxylic acids is 1. The Morgan fingerprint density at radius 2 is 0.974 bits per heavy atom. The molecule has 0 unspecified atom stereocenters. The number of halogens is 4. The van der Waals surface area contributed by atoms with Crippen molar-refractivity contribution in [3.8, 4) is 0 Å². The number of hydrogen-bond acceptors (Lipinski definition) is 8. The highest BCUT2D eigenvalue weighted by atomic mass is 35.5. The summed E-state index contributed by atoms with van der Waals surface area (Å²) in [6.07, 6.45) is 5.60. The number of amides is 6. The lowest BCUT2D eigenvalue weighted by Gasteiger charge is -2.30. The van der Waals surface area contributed by atoms with Crippen LogP contribution in [0.25, 0.3) is 0 Å². The van der Waals surface area contributed by atoms with Crippen molar-refractivity contribution in [2.24, 2.45) is 11.8 Å². The molecule has 2 saturated carbocycles. The first-order valence-electron chi connectivity index (χ1n) is 24.8. The summed E-state index contributed by atoms with van der Waals surface area (Å²) in [6, 6.07) is 19.8. The number of hydrogen-bond donors (Lipinski definition) is 3. The van der Waals surface area contributed by atoms with E-state index < -0.39 is 29.9 Å². The molecule has 0 bridgehead atoms. The Kier molecular flexibility index (Phi) is 26.0. The molecule has 6 amide bonds. The van der Waals surface area contributed by atoms with Crippen LogP contribution in [0.4, 0.5) is 0 Å². The first kappa shape index (κ1) is 67.0. The van der Waals surface area contributed by atoms with Gasteiger partial charge in [-0.2, -0.15) is 27.0 Å². The molecule has 4 aromatic carbocycles. The zero-order valence-corrected chi connectivity index (χ0v) is 47.6. The molecule has 424 valence electrons. The smallest absolute Gasteiger partial charge is 0.326 e. The van der Waals surface area contributed by atoms with Gasteiger partial charge in [-0.15, -0.1) is 0 Å². The number of benzene rings is 4. The van der Waals surface area contributed by atoms with Crippen LogP contribution in [0, 0.1) is 11.8 Å². The van der Waals surface area contributed by atoms with E-state index in [4.69, 9.17) is 46.4 Å². The normalized spacial score (nSPS) is 14.9. The Balaban J connectivity index is 0.000000390. The highest BCUT2D eigenvalue weighted by molar-refractivity contribution is 7.59. The van der Waals surface area contributed by atoms with Gasteiger partial charge in [0.2, 0.25) is 11.8 Å². The zero-order chi connectivity index (χ0) is 53.4. The van der Waals surface area contributed by atoms with Crippen LogP contribution in [0.15, 0.2) is 72.8 Å². The summed E-state index contributed by atoms with van der Waals surface area (Å²) in [5.41, 5.74) is 3.87. The van der Waals surface area contributed by atoms with Gasteiger partial charge in [0.05, 0.1) is 37.3 Å². The number of carboxylic acids is 1. The van der Waals surface area contributed by atoms with Crippen molar-refractivity contribution in [3.05, 3.63) is 137 Å². The highest BCUT2D eigenvalue weighted by Gasteiger charge is 2.36. The second-order valence-electron chi connectivity index (χ2n) is 19.6. The summed E-state index contributed by atoms with van der Waals surface area (Å²) in [5, 5.41) is 15.0. The third-order valence-corrected chi connectivity index (χ3v) is 15.2. The van der Waals surface area contributed by atoms with Gasteiger partial charge in [0.15, 0.2) is 5.78 Å². The van der Waals surface area contributed by atoms with Gasteiger partial charge in [-0.3, -0.25) is 33.6 Å². The van der Waals surface area contributed by atoms with Gasteiger partial charge < -0.3 is 35.3 Å². The minimum absolute atomic E-state index is 0. The molecule has 0 aromatic heterocycles. The number of nitrogens with zero attached hydrogens (tertiary/aromatic N) is 4. The molecule has 0 saturated heterocycles. The van der Waals surface area contributed by atoms with Crippen LogP contribution >= 0.6 is 73.4 Å². The third-order valence-electron chi connectivity index (χ3n) is 13.8. The molecular weight excluding hydrogens is 1120 g/mol. The van der Waals surface area contributed by atoms with Crippen LogP contribution in [0.2, 0.25) is 20.1 Å². The van der Waals surface area contributed by atoms with Crippen molar-refractivity contribution in [2.45, 2.75) is 111 Å². The topological polar surface area (TPSA) is 194 Å². The van der Waals surface area contributed by atoms with E-state index in [2.05, 4.69) is 10.6 Å². The van der Waals surface area contributed by atoms with Crippen LogP contribution in [-0.4, -0.2) is 124 Å². The molecule has 2 aliphatic carbocycles. The van der Waals surface area contributed by atoms with Crippen LogP contribution in [0.5, 0.6) is 0 Å². The van der Waals surface area contributed by atoms with E-state index in [1.165, 1.54) is 24.0 Å². The van der Waals surface area contributed by atoms with Gasteiger partial charge in [-0.05, 0) is 105 Å². The lowest BCUT2D eigenvalue weighted by atomic mass is 9.95. The fourth-order valence-electron chi connectivity index (χ4n) is 9.12. The molecule has 0 spiro atoms. The quantitative estimate of drug-likeness (QED) is 0.0772. The molecule has 2 aliphatic heterocycles. The van der Waals surface area contributed by atoms with E-state index in [1.54, 1.807) is 23.9 Å². The summed E-state index contributed by atoms with van der Waals surface area (Å²) >= 11 is 26.0. The number of fused-ring (bicyclic) bond motifs is 2. The summed E-state index contributed by atoms with van der Waals surface area (Å²) in [5.74, 6) is -2.47. The predicted octanol–water partition coefficient (Wildman–Crippen LogP) is 10.0. The van der Waals surface area contributed by atoms with Gasteiger partial charge >= 0.3 is 5.97 Å². The fourth-order valence-corrected chi connectivity index (χ4v) is 10.6. The minimum atomic E-state index is -1.32. The summed E-state index contributed by atoms with van der Waals surface area (Å²) in [4.78, 5) is 108.